The summed E-state index contributed by atoms with van der Waals surface area (Å²) in [6, 6.07) is 22.6. The second-order valence-corrected chi connectivity index (χ2v) is 7.34. The zero-order valence-electron chi connectivity index (χ0n) is 15.6. The zero-order valence-corrected chi connectivity index (χ0v) is 15.6. The highest BCUT2D eigenvalue weighted by Gasteiger charge is 2.31. The van der Waals surface area contributed by atoms with Gasteiger partial charge in [0.15, 0.2) is 0 Å². The fraction of sp³-hybridized carbons (Fsp3) is 0.304. The van der Waals surface area contributed by atoms with E-state index in [2.05, 4.69) is 42.2 Å². The molecule has 1 fully saturated rings. The van der Waals surface area contributed by atoms with Crippen LogP contribution in [0, 0.1) is 0 Å². The Bertz CT molecular complexity index is 904. The van der Waals surface area contributed by atoms with Gasteiger partial charge < -0.3 is 15.2 Å². The van der Waals surface area contributed by atoms with Crippen LogP contribution in [-0.2, 0) is 6.61 Å². The number of aliphatic hydroxyl groups is 1. The molecule has 1 aliphatic rings. The first-order chi connectivity index (χ1) is 13.2. The van der Waals surface area contributed by atoms with Gasteiger partial charge in [0.1, 0.15) is 0 Å². The Balaban J connectivity index is 1.50. The number of rotatable bonds is 5. The first-order valence-corrected chi connectivity index (χ1v) is 9.57. The number of hydrogen-bond donors (Lipinski definition) is 2. The van der Waals surface area contributed by atoms with E-state index in [0.29, 0.717) is 0 Å². The highest BCUT2D eigenvalue weighted by Crippen LogP contribution is 2.31. The second-order valence-electron chi connectivity index (χ2n) is 7.34. The summed E-state index contributed by atoms with van der Waals surface area (Å²) in [6.07, 6.45) is 0.924. The lowest BCUT2D eigenvalue weighted by Crippen LogP contribution is -2.37. The third kappa shape index (κ3) is 3.56. The van der Waals surface area contributed by atoms with E-state index in [0.717, 1.165) is 36.3 Å². The normalized spacial score (nSPS) is 18.4. The van der Waals surface area contributed by atoms with Crippen molar-refractivity contribution in [2.24, 2.45) is 0 Å². The summed E-state index contributed by atoms with van der Waals surface area (Å²) in [5.74, 6) is 0. The summed E-state index contributed by atoms with van der Waals surface area (Å²) in [5, 5.41) is 24.1. The van der Waals surface area contributed by atoms with Crippen LogP contribution >= 0.6 is 0 Å². The number of aliphatic hydroxyl groups excluding tert-OH is 1. The molecule has 2 unspecified atom stereocenters. The molecule has 4 heteroatoms. The molecule has 0 aliphatic carbocycles. The third-order valence-corrected chi connectivity index (χ3v) is 5.69. The predicted molar refractivity (Wildman–Crippen MR) is 109 cm³/mol. The Morgan fingerprint density at radius 2 is 1.78 bits per heavy atom. The van der Waals surface area contributed by atoms with Crippen molar-refractivity contribution in [3.8, 4) is 0 Å². The van der Waals surface area contributed by atoms with Crippen LogP contribution in [0.3, 0.4) is 0 Å². The molecule has 3 aromatic rings. The minimum Gasteiger partial charge on any atom is -0.392 e. The Morgan fingerprint density at radius 1 is 1.04 bits per heavy atom. The minimum atomic E-state index is -0.0715. The monoisotopic (exact) mass is 362 g/mol. The topological polar surface area (TPSA) is 46.9 Å². The molecule has 1 heterocycles. The van der Waals surface area contributed by atoms with Gasteiger partial charge in [0.05, 0.1) is 18.7 Å². The molecule has 1 aliphatic heterocycles. The highest BCUT2D eigenvalue weighted by molar-refractivity contribution is 5.86. The van der Waals surface area contributed by atoms with Gasteiger partial charge in [0.2, 0.25) is 0 Å². The molecule has 0 saturated carbocycles. The maximum Gasteiger partial charge on any atom is 0.0681 e. The fourth-order valence-electron chi connectivity index (χ4n) is 4.08. The summed E-state index contributed by atoms with van der Waals surface area (Å²) in [7, 11) is 0. The van der Waals surface area contributed by atoms with Crippen molar-refractivity contribution in [3.63, 3.8) is 0 Å². The van der Waals surface area contributed by atoms with Gasteiger partial charge in [-0.2, -0.15) is 5.06 Å². The van der Waals surface area contributed by atoms with Crippen LogP contribution in [0.25, 0.3) is 10.8 Å². The lowest BCUT2D eigenvalue weighted by Gasteiger charge is -2.29. The molecular formula is C23H26N2O2. The summed E-state index contributed by atoms with van der Waals surface area (Å²) in [4.78, 5) is 2.30. The Kier molecular flexibility index (Phi) is 5.12. The van der Waals surface area contributed by atoms with Gasteiger partial charge >= 0.3 is 0 Å². The molecule has 4 nitrogen and oxygen atoms in total. The molecule has 0 bridgehead atoms. The number of nitrogens with zero attached hydrogens (tertiary/aromatic N) is 2. The average Bonchev–Trinajstić information content (AvgIpc) is 3.22. The molecule has 0 radical (unpaired) electrons. The van der Waals surface area contributed by atoms with E-state index in [9.17, 15) is 10.3 Å². The molecule has 27 heavy (non-hydrogen) atoms. The van der Waals surface area contributed by atoms with Crippen LogP contribution in [0.2, 0.25) is 0 Å². The van der Waals surface area contributed by atoms with E-state index in [1.54, 1.807) is 0 Å². The van der Waals surface area contributed by atoms with Gasteiger partial charge in [0.25, 0.3) is 0 Å². The summed E-state index contributed by atoms with van der Waals surface area (Å²) < 4.78 is 0. The van der Waals surface area contributed by atoms with Gasteiger partial charge in [-0.15, -0.1) is 0 Å². The summed E-state index contributed by atoms with van der Waals surface area (Å²) >= 11 is 0. The Labute approximate surface area is 160 Å². The maximum atomic E-state index is 11.0. The quantitative estimate of drug-likeness (QED) is 0.662. The molecule has 0 spiro atoms. The van der Waals surface area contributed by atoms with Crippen molar-refractivity contribution in [2.45, 2.75) is 32.0 Å². The molecule has 2 atom stereocenters. The molecule has 3 aromatic carbocycles. The van der Waals surface area contributed by atoms with E-state index in [4.69, 9.17) is 0 Å². The molecule has 1 saturated heterocycles. The smallest absolute Gasteiger partial charge is 0.0681 e. The number of hydroxylamine groups is 2. The summed E-state index contributed by atoms with van der Waals surface area (Å²) in [6.45, 7) is 3.85. The van der Waals surface area contributed by atoms with E-state index in [-0.39, 0.29) is 18.7 Å². The first kappa shape index (κ1) is 18.0. The van der Waals surface area contributed by atoms with Crippen LogP contribution < -0.4 is 4.90 Å². The molecular weight excluding hydrogens is 336 g/mol. The Hall–Kier alpha value is -2.40. The van der Waals surface area contributed by atoms with Crippen molar-refractivity contribution < 1.29 is 10.3 Å². The molecule has 2 N–H and O–H groups in total. The molecule has 4 rings (SSSR count). The van der Waals surface area contributed by atoms with Gasteiger partial charge in [-0.1, -0.05) is 54.6 Å². The van der Waals surface area contributed by atoms with E-state index < -0.39 is 0 Å². The Morgan fingerprint density at radius 3 is 2.56 bits per heavy atom. The lowest BCUT2D eigenvalue weighted by molar-refractivity contribution is -0.151. The minimum absolute atomic E-state index is 0.0653. The standard InChI is InChI=1S/C23H26N2O2/c1-17(22-8-4-6-19-5-2-3-7-23(19)22)25(27)21-13-14-24(15-21)20-11-9-18(16-26)10-12-20/h2-12,17,21,26-27H,13-16H2,1H3. The van der Waals surface area contributed by atoms with Crippen LogP contribution in [0.1, 0.15) is 30.5 Å². The van der Waals surface area contributed by atoms with Crippen molar-refractivity contribution >= 4 is 16.5 Å². The van der Waals surface area contributed by atoms with Gasteiger partial charge in [0, 0.05) is 18.8 Å². The van der Waals surface area contributed by atoms with Crippen LogP contribution in [0.4, 0.5) is 5.69 Å². The van der Waals surface area contributed by atoms with E-state index >= 15 is 0 Å². The zero-order chi connectivity index (χ0) is 18.8. The van der Waals surface area contributed by atoms with Crippen LogP contribution in [-0.4, -0.2) is 34.5 Å². The molecule has 0 aromatic heterocycles. The van der Waals surface area contributed by atoms with Crippen molar-refractivity contribution in [3.05, 3.63) is 77.9 Å². The van der Waals surface area contributed by atoms with Crippen molar-refractivity contribution in [2.75, 3.05) is 18.0 Å². The highest BCUT2D eigenvalue weighted by atomic mass is 16.5. The maximum absolute atomic E-state index is 11.0. The largest absolute Gasteiger partial charge is 0.392 e. The predicted octanol–water partition coefficient (Wildman–Crippen LogP) is 4.36. The second kappa shape index (κ2) is 7.69. The van der Waals surface area contributed by atoms with Gasteiger partial charge in [-0.3, -0.25) is 0 Å². The van der Waals surface area contributed by atoms with Crippen molar-refractivity contribution in [1.82, 2.24) is 5.06 Å². The van der Waals surface area contributed by atoms with E-state index in [1.807, 2.05) is 36.4 Å². The van der Waals surface area contributed by atoms with E-state index in [1.165, 1.54) is 15.8 Å². The number of anilines is 1. The van der Waals surface area contributed by atoms with Crippen molar-refractivity contribution in [1.29, 1.82) is 0 Å². The first-order valence-electron chi connectivity index (χ1n) is 9.57. The van der Waals surface area contributed by atoms with Gasteiger partial charge in [-0.25, -0.2) is 0 Å². The molecule has 0 amide bonds. The summed E-state index contributed by atoms with van der Waals surface area (Å²) in [5.41, 5.74) is 3.21. The molecule has 140 valence electrons. The fourth-order valence-corrected chi connectivity index (χ4v) is 4.08. The number of fused-ring (bicyclic) bond motifs is 1. The third-order valence-electron chi connectivity index (χ3n) is 5.69. The average molecular weight is 362 g/mol. The van der Waals surface area contributed by atoms with Gasteiger partial charge in [-0.05, 0) is 47.4 Å². The number of hydrogen-bond acceptors (Lipinski definition) is 4. The van der Waals surface area contributed by atoms with Crippen LogP contribution in [0.5, 0.6) is 0 Å². The SMILES string of the molecule is CC(c1cccc2ccccc12)N(O)C1CCN(c2ccc(CO)cc2)C1. The number of benzene rings is 3. The van der Waals surface area contributed by atoms with Crippen LogP contribution in [0.15, 0.2) is 66.7 Å². The lowest BCUT2D eigenvalue weighted by atomic mass is 9.99.